The van der Waals surface area contributed by atoms with Crippen molar-refractivity contribution in [3.05, 3.63) is 72.9 Å². The third-order valence-corrected chi connectivity index (χ3v) is 14.6. The van der Waals surface area contributed by atoms with E-state index >= 15 is 0 Å². The highest BCUT2D eigenvalue weighted by atomic mass is 31.2. The molecule has 3 unspecified atom stereocenters. The van der Waals surface area contributed by atoms with Gasteiger partial charge in [-0.1, -0.05) is 235 Å². The summed E-state index contributed by atoms with van der Waals surface area (Å²) in [6.45, 7) is 6.79. The molecule has 0 radical (unpaired) electrons. The van der Waals surface area contributed by atoms with Crippen LogP contribution in [0.5, 0.6) is 0 Å². The molecule has 0 aromatic heterocycles. The Kier molecular flexibility index (Phi) is 52.9. The van der Waals surface area contributed by atoms with Crippen LogP contribution in [0.3, 0.4) is 0 Å². The van der Waals surface area contributed by atoms with E-state index in [0.29, 0.717) is 17.4 Å². The van der Waals surface area contributed by atoms with Gasteiger partial charge in [-0.05, 0) is 102 Å². The average molecular weight is 1070 g/mol. The normalized spacial score (nSPS) is 14.2. The highest BCUT2D eigenvalue weighted by Gasteiger charge is 2.27. The first-order chi connectivity index (χ1) is 36.4. The van der Waals surface area contributed by atoms with Crippen molar-refractivity contribution in [1.29, 1.82) is 0 Å². The number of phosphoric acid groups is 1. The van der Waals surface area contributed by atoms with Crippen molar-refractivity contribution in [2.45, 2.75) is 290 Å². The number of carbonyl (C=O) groups is 2. The van der Waals surface area contributed by atoms with Gasteiger partial charge in [-0.15, -0.1) is 0 Å². The lowest BCUT2D eigenvalue weighted by Crippen LogP contribution is -2.47. The zero-order chi connectivity index (χ0) is 55.0. The summed E-state index contributed by atoms with van der Waals surface area (Å²) in [5, 5.41) is 3.01. The molecule has 0 spiro atoms. The van der Waals surface area contributed by atoms with E-state index in [-0.39, 0.29) is 31.3 Å². The average Bonchev–Trinajstić information content (AvgIpc) is 3.37. The minimum atomic E-state index is -4.71. The molecule has 0 aromatic carbocycles. The SMILES string of the molecule is CCCCC/C=C\C/C=C\C/C=C\C/C=C\CCCCCC(=O)NC(COP(=O)([O-])OCC[N+](C)(C)C)C(/C=C/CCCCCCCCCCCCC)OC(=O)CCCCCCCCC/C=C/CCCCCCCC. The van der Waals surface area contributed by atoms with Crippen LogP contribution >= 0.6 is 7.82 Å². The standard InChI is InChI=1S/C65H119N2O7P/c1-7-10-13-16-19-22-25-28-30-32-33-35-36-39-42-45-48-51-54-57-64(68)66-62(61-73-75(70,71)72-60-59-67(4,5)6)63(56-53-50-47-44-41-38-27-24-21-18-15-12-9-3)74-65(69)58-55-52-49-46-43-40-37-34-31-29-26-23-20-17-14-11-8-2/h19,22,28-31,33,35,39,42,53,56,62-63H,7-18,20-21,23-27,32,34,36-38,40-41,43-52,54-55,57-61H2,1-6H3,(H-,66,68,70,71)/b22-19-,30-28-,31-29+,35-33-,42-39-,56-53+. The largest absolute Gasteiger partial charge is 0.756 e. The molecule has 9 nitrogen and oxygen atoms in total. The number of amides is 1. The van der Waals surface area contributed by atoms with Gasteiger partial charge in [-0.25, -0.2) is 0 Å². The van der Waals surface area contributed by atoms with E-state index in [0.717, 1.165) is 89.9 Å². The van der Waals surface area contributed by atoms with Crippen LogP contribution in [-0.4, -0.2) is 69.4 Å². The first-order valence-corrected chi connectivity index (χ1v) is 32.7. The molecule has 436 valence electrons. The fourth-order valence-electron chi connectivity index (χ4n) is 8.74. The van der Waals surface area contributed by atoms with Gasteiger partial charge in [0.2, 0.25) is 5.91 Å². The van der Waals surface area contributed by atoms with Crippen molar-refractivity contribution in [3.8, 4) is 0 Å². The molecule has 1 amide bonds. The number of esters is 1. The number of allylic oxidation sites excluding steroid dienone is 11. The van der Waals surface area contributed by atoms with Gasteiger partial charge in [0.1, 0.15) is 19.3 Å². The Morgan fingerprint density at radius 1 is 0.467 bits per heavy atom. The van der Waals surface area contributed by atoms with E-state index in [1.165, 1.54) is 148 Å². The van der Waals surface area contributed by atoms with E-state index in [9.17, 15) is 19.0 Å². The maximum absolute atomic E-state index is 13.5. The topological polar surface area (TPSA) is 114 Å². The van der Waals surface area contributed by atoms with Gasteiger partial charge in [0, 0.05) is 12.8 Å². The van der Waals surface area contributed by atoms with Crippen LogP contribution in [0, 0.1) is 0 Å². The number of nitrogens with one attached hydrogen (secondary N) is 1. The maximum Gasteiger partial charge on any atom is 0.306 e. The number of rotatable bonds is 56. The second-order valence-corrected chi connectivity index (χ2v) is 23.6. The lowest BCUT2D eigenvalue weighted by Gasteiger charge is -2.30. The molecule has 0 saturated carbocycles. The van der Waals surface area contributed by atoms with Gasteiger partial charge < -0.3 is 28.5 Å². The molecule has 0 bridgehead atoms. The molecule has 75 heavy (non-hydrogen) atoms. The molecular formula is C65H119N2O7P. The Balaban J connectivity index is 5.36. The molecule has 3 atom stereocenters. The minimum absolute atomic E-state index is 0.0314. The molecule has 1 N–H and O–H groups in total. The van der Waals surface area contributed by atoms with E-state index in [1.54, 1.807) is 0 Å². The number of ether oxygens (including phenoxy) is 1. The molecule has 0 aliphatic rings. The van der Waals surface area contributed by atoms with E-state index in [2.05, 4.69) is 86.8 Å². The van der Waals surface area contributed by atoms with Gasteiger partial charge in [-0.2, -0.15) is 0 Å². The van der Waals surface area contributed by atoms with Gasteiger partial charge >= 0.3 is 5.97 Å². The number of hydrogen-bond acceptors (Lipinski definition) is 7. The third-order valence-electron chi connectivity index (χ3n) is 13.6. The van der Waals surface area contributed by atoms with E-state index < -0.39 is 26.6 Å². The van der Waals surface area contributed by atoms with Gasteiger partial charge in [0.15, 0.2) is 0 Å². The van der Waals surface area contributed by atoms with Crippen LogP contribution in [0.15, 0.2) is 72.9 Å². The molecule has 0 saturated heterocycles. The van der Waals surface area contributed by atoms with E-state index in [1.807, 2.05) is 33.3 Å². The quantitative estimate of drug-likeness (QED) is 0.0212. The summed E-state index contributed by atoms with van der Waals surface area (Å²) in [6.07, 6.45) is 70.0. The first-order valence-electron chi connectivity index (χ1n) is 31.2. The second kappa shape index (κ2) is 54.8. The van der Waals surface area contributed by atoms with Gasteiger partial charge in [0.25, 0.3) is 7.82 Å². The summed E-state index contributed by atoms with van der Waals surface area (Å²) in [5.41, 5.74) is 0. The molecule has 0 aliphatic heterocycles. The molecule has 0 rings (SSSR count). The Morgan fingerprint density at radius 2 is 0.813 bits per heavy atom. The maximum atomic E-state index is 13.5. The molecular weight excluding hydrogens is 952 g/mol. The van der Waals surface area contributed by atoms with Crippen LogP contribution in [0.1, 0.15) is 278 Å². The monoisotopic (exact) mass is 1070 g/mol. The summed E-state index contributed by atoms with van der Waals surface area (Å²) in [4.78, 5) is 40.0. The molecule has 10 heteroatoms. The summed E-state index contributed by atoms with van der Waals surface area (Å²) < 4.78 is 30.3. The number of quaternary nitrogens is 1. The van der Waals surface area contributed by atoms with Crippen LogP contribution in [0.25, 0.3) is 0 Å². The van der Waals surface area contributed by atoms with Crippen LogP contribution in [-0.2, 0) is 27.9 Å². The third kappa shape index (κ3) is 56.0. The van der Waals surface area contributed by atoms with Crippen molar-refractivity contribution in [3.63, 3.8) is 0 Å². The van der Waals surface area contributed by atoms with Crippen LogP contribution in [0.4, 0.5) is 0 Å². The highest BCUT2D eigenvalue weighted by Crippen LogP contribution is 2.38. The predicted octanol–water partition coefficient (Wildman–Crippen LogP) is 18.6. The second-order valence-electron chi connectivity index (χ2n) is 22.2. The van der Waals surface area contributed by atoms with Crippen LogP contribution < -0.4 is 10.2 Å². The molecule has 0 fully saturated rings. The van der Waals surface area contributed by atoms with Gasteiger partial charge in [-0.3, -0.25) is 14.2 Å². The Morgan fingerprint density at radius 3 is 1.27 bits per heavy atom. The van der Waals surface area contributed by atoms with Crippen molar-refractivity contribution >= 4 is 19.7 Å². The molecule has 0 heterocycles. The summed E-state index contributed by atoms with van der Waals surface area (Å²) in [6, 6.07) is -0.909. The van der Waals surface area contributed by atoms with Crippen LogP contribution in [0.2, 0.25) is 0 Å². The molecule has 0 aromatic rings. The zero-order valence-corrected chi connectivity index (χ0v) is 50.6. The van der Waals surface area contributed by atoms with Crippen molar-refractivity contribution in [2.24, 2.45) is 0 Å². The number of likely N-dealkylation sites (N-methyl/N-ethyl adjacent to an activating group) is 1. The summed E-state index contributed by atoms with van der Waals surface area (Å²) in [5.74, 6) is -0.579. The number of phosphoric ester groups is 1. The fraction of sp³-hybridized carbons (Fsp3) is 0.785. The van der Waals surface area contributed by atoms with Crippen molar-refractivity contribution in [1.82, 2.24) is 5.32 Å². The number of unbranched alkanes of at least 4 members (excludes halogenated alkanes) is 30. The van der Waals surface area contributed by atoms with Crippen molar-refractivity contribution in [2.75, 3.05) is 40.9 Å². The molecule has 0 aliphatic carbocycles. The van der Waals surface area contributed by atoms with Gasteiger partial charge in [0.05, 0.1) is 33.8 Å². The fourth-order valence-corrected chi connectivity index (χ4v) is 9.46. The number of hydrogen-bond donors (Lipinski definition) is 1. The minimum Gasteiger partial charge on any atom is -0.756 e. The Labute approximate surface area is 463 Å². The summed E-state index contributed by atoms with van der Waals surface area (Å²) in [7, 11) is 1.16. The predicted molar refractivity (Wildman–Crippen MR) is 321 cm³/mol. The Hall–Kier alpha value is -2.55. The van der Waals surface area contributed by atoms with Crippen molar-refractivity contribution < 1.29 is 37.3 Å². The van der Waals surface area contributed by atoms with E-state index in [4.69, 9.17) is 13.8 Å². The number of carbonyl (C=O) groups excluding carboxylic acids is 2. The summed E-state index contributed by atoms with van der Waals surface area (Å²) >= 11 is 0. The smallest absolute Gasteiger partial charge is 0.306 e. The number of nitrogens with zero attached hydrogens (tertiary/aromatic N) is 1. The zero-order valence-electron chi connectivity index (χ0n) is 49.7. The lowest BCUT2D eigenvalue weighted by atomic mass is 10.0. The Bertz CT molecular complexity index is 1510. The highest BCUT2D eigenvalue weighted by molar-refractivity contribution is 7.45. The first kappa shape index (κ1) is 72.5. The lowest BCUT2D eigenvalue weighted by molar-refractivity contribution is -0.870.